The number of thiophene rings is 1. The zero-order chi connectivity index (χ0) is 16.4. The van der Waals surface area contributed by atoms with Crippen LogP contribution in [0.5, 0.6) is 0 Å². The number of esters is 1. The van der Waals surface area contributed by atoms with E-state index in [1.54, 1.807) is 0 Å². The van der Waals surface area contributed by atoms with Crippen molar-refractivity contribution in [3.8, 4) is 0 Å². The second kappa shape index (κ2) is 6.59. The third-order valence-corrected chi connectivity index (χ3v) is 4.99. The zero-order valence-electron chi connectivity index (χ0n) is 13.1. The van der Waals surface area contributed by atoms with Crippen molar-refractivity contribution in [3.05, 3.63) is 28.0 Å². The van der Waals surface area contributed by atoms with E-state index in [4.69, 9.17) is 14.2 Å². The average molecular weight is 339 g/mol. The van der Waals surface area contributed by atoms with Gasteiger partial charge >= 0.3 is 5.97 Å². The summed E-state index contributed by atoms with van der Waals surface area (Å²) in [5.74, 6) is -0.734. The summed E-state index contributed by atoms with van der Waals surface area (Å²) in [6.07, 6.45) is 2.09. The molecular weight excluding hydrogens is 320 g/mol. The minimum atomic E-state index is -0.424. The maximum atomic E-state index is 12.3. The lowest BCUT2D eigenvalue weighted by Crippen LogP contribution is -3.08. The van der Waals surface area contributed by atoms with Gasteiger partial charge in [-0.15, -0.1) is 11.3 Å². The lowest BCUT2D eigenvalue weighted by molar-refractivity contribution is -0.895. The number of carbonyl (C=O) groups excluding carboxylic acids is 2. The van der Waals surface area contributed by atoms with Crippen LogP contribution in [0.1, 0.15) is 20.8 Å². The van der Waals surface area contributed by atoms with Crippen molar-refractivity contribution in [1.82, 2.24) is 0 Å². The van der Waals surface area contributed by atoms with Crippen molar-refractivity contribution < 1.29 is 28.7 Å². The van der Waals surface area contributed by atoms with E-state index in [2.05, 4.69) is 12.4 Å². The summed E-state index contributed by atoms with van der Waals surface area (Å²) in [6, 6.07) is 0. The van der Waals surface area contributed by atoms with Crippen molar-refractivity contribution in [1.29, 1.82) is 0 Å². The lowest BCUT2D eigenvalue weighted by atomic mass is 10.0. The topological polar surface area (TPSA) is 78.3 Å². The second-order valence-electron chi connectivity index (χ2n) is 5.49. The molecule has 2 aliphatic heterocycles. The number of methoxy groups -OCH3 is 1. The van der Waals surface area contributed by atoms with E-state index in [0.29, 0.717) is 23.8 Å². The van der Waals surface area contributed by atoms with Crippen LogP contribution < -0.4 is 10.2 Å². The number of hydrogen-bond donors (Lipinski definition) is 2. The number of ether oxygens (including phenoxy) is 3. The van der Waals surface area contributed by atoms with Gasteiger partial charge in [0.25, 0.3) is 5.91 Å². The van der Waals surface area contributed by atoms with E-state index in [-0.39, 0.29) is 5.76 Å². The first kappa shape index (κ1) is 15.8. The monoisotopic (exact) mass is 339 g/mol. The van der Waals surface area contributed by atoms with Gasteiger partial charge in [0.15, 0.2) is 0 Å². The summed E-state index contributed by atoms with van der Waals surface area (Å²) in [4.78, 5) is 26.9. The summed E-state index contributed by atoms with van der Waals surface area (Å²) in [5, 5.41) is 3.27. The van der Waals surface area contributed by atoms with Gasteiger partial charge in [-0.05, 0) is 5.56 Å². The summed E-state index contributed by atoms with van der Waals surface area (Å²) >= 11 is 1.42. The molecule has 1 atom stereocenters. The molecule has 3 rings (SSSR count). The number of rotatable bonds is 3. The molecule has 0 saturated carbocycles. The Hall–Kier alpha value is -2.06. The van der Waals surface area contributed by atoms with Crippen LogP contribution in [0.3, 0.4) is 0 Å². The number of anilines is 1. The van der Waals surface area contributed by atoms with E-state index in [9.17, 15) is 9.59 Å². The molecule has 1 aromatic rings. The van der Waals surface area contributed by atoms with E-state index in [1.807, 2.05) is 0 Å². The Morgan fingerprint density at radius 3 is 2.91 bits per heavy atom. The summed E-state index contributed by atoms with van der Waals surface area (Å²) < 4.78 is 15.3. The summed E-state index contributed by atoms with van der Waals surface area (Å²) in [7, 11) is 3.45. The zero-order valence-corrected chi connectivity index (χ0v) is 13.9. The van der Waals surface area contributed by atoms with Gasteiger partial charge in [-0.1, -0.05) is 0 Å². The molecule has 1 amide bonds. The number of nitrogens with one attached hydrogen (secondary N) is 2. The molecule has 0 radical (unpaired) electrons. The van der Waals surface area contributed by atoms with Gasteiger partial charge in [-0.2, -0.15) is 0 Å². The molecular formula is C15H19N2O5S+. The van der Waals surface area contributed by atoms with Gasteiger partial charge in [0, 0.05) is 6.42 Å². The van der Waals surface area contributed by atoms with E-state index in [0.717, 1.165) is 30.0 Å². The first-order chi connectivity index (χ1) is 11.1. The number of fused-ring (bicyclic) bond motifs is 1. The van der Waals surface area contributed by atoms with Gasteiger partial charge in [0.2, 0.25) is 5.76 Å². The molecule has 1 unspecified atom stereocenters. The molecule has 0 spiro atoms. The second-order valence-corrected chi connectivity index (χ2v) is 6.59. The highest BCUT2D eigenvalue weighted by Crippen LogP contribution is 2.35. The molecule has 7 nitrogen and oxygen atoms in total. The van der Waals surface area contributed by atoms with Crippen molar-refractivity contribution in [2.24, 2.45) is 0 Å². The van der Waals surface area contributed by atoms with Crippen molar-refractivity contribution in [3.63, 3.8) is 0 Å². The molecule has 0 fully saturated rings. The van der Waals surface area contributed by atoms with Crippen LogP contribution in [0.25, 0.3) is 0 Å². The van der Waals surface area contributed by atoms with Crippen LogP contribution in [-0.2, 0) is 32.0 Å². The van der Waals surface area contributed by atoms with Crippen molar-refractivity contribution in [2.45, 2.75) is 13.0 Å². The standard InChI is InChI=1S/C15H18N2O5S/c1-17-4-3-9-11(7-17)23-14(12(9)15(19)20-2)16-13(18)10-8-21-5-6-22-10/h8H,3-7H2,1-2H3,(H,16,18)/p+1. The van der Waals surface area contributed by atoms with Gasteiger partial charge in [-0.25, -0.2) is 4.79 Å². The summed E-state index contributed by atoms with van der Waals surface area (Å²) in [5.41, 5.74) is 1.45. The largest absolute Gasteiger partial charge is 0.494 e. The predicted molar refractivity (Wildman–Crippen MR) is 83.4 cm³/mol. The lowest BCUT2D eigenvalue weighted by Gasteiger charge is -2.19. The predicted octanol–water partition coefficient (Wildman–Crippen LogP) is -0.0678. The molecule has 0 saturated heterocycles. The molecule has 2 N–H and O–H groups in total. The molecule has 1 aromatic heterocycles. The van der Waals surface area contributed by atoms with E-state index in [1.165, 1.54) is 29.6 Å². The third-order valence-electron chi connectivity index (χ3n) is 3.84. The average Bonchev–Trinajstić information content (AvgIpc) is 2.91. The number of carbonyl (C=O) groups is 2. The van der Waals surface area contributed by atoms with Gasteiger partial charge < -0.3 is 24.4 Å². The number of hydrogen-bond acceptors (Lipinski definition) is 6. The smallest absolute Gasteiger partial charge is 0.341 e. The normalized spacial score (nSPS) is 19.7. The Kier molecular flexibility index (Phi) is 4.53. The van der Waals surface area contributed by atoms with E-state index >= 15 is 0 Å². The number of quaternary nitrogens is 1. The van der Waals surface area contributed by atoms with Crippen molar-refractivity contribution in [2.75, 3.05) is 39.2 Å². The quantitative estimate of drug-likeness (QED) is 0.754. The Balaban J connectivity index is 1.90. The molecule has 0 bridgehead atoms. The van der Waals surface area contributed by atoms with Crippen LogP contribution in [0, 0.1) is 0 Å². The number of likely N-dealkylation sites (N-methyl/N-ethyl adjacent to an activating group) is 1. The number of amides is 1. The third kappa shape index (κ3) is 3.18. The van der Waals surface area contributed by atoms with E-state index < -0.39 is 11.9 Å². The van der Waals surface area contributed by atoms with Gasteiger partial charge in [0.05, 0.1) is 31.1 Å². The fourth-order valence-corrected chi connectivity index (χ4v) is 4.02. The molecule has 0 aliphatic carbocycles. The SMILES string of the molecule is COC(=O)c1c(NC(=O)C2=COCCO2)sc2c1CC[NH+](C)C2. The Morgan fingerprint density at radius 1 is 1.39 bits per heavy atom. The maximum Gasteiger partial charge on any atom is 0.341 e. The highest BCUT2D eigenvalue weighted by atomic mass is 32.1. The van der Waals surface area contributed by atoms with Crippen LogP contribution in [0.2, 0.25) is 0 Å². The molecule has 2 aliphatic rings. The minimum absolute atomic E-state index is 0.112. The van der Waals surface area contributed by atoms with Crippen LogP contribution in [-0.4, -0.2) is 45.8 Å². The fourth-order valence-electron chi connectivity index (χ4n) is 2.68. The van der Waals surface area contributed by atoms with Gasteiger partial charge in [-0.3, -0.25) is 4.79 Å². The highest BCUT2D eigenvalue weighted by Gasteiger charge is 2.30. The Morgan fingerprint density at radius 2 is 2.22 bits per heavy atom. The molecule has 0 aromatic carbocycles. The van der Waals surface area contributed by atoms with Crippen LogP contribution >= 0.6 is 11.3 Å². The van der Waals surface area contributed by atoms with Crippen molar-refractivity contribution >= 4 is 28.2 Å². The Labute approximate surface area is 137 Å². The van der Waals surface area contributed by atoms with Crippen LogP contribution in [0.4, 0.5) is 5.00 Å². The first-order valence-electron chi connectivity index (χ1n) is 7.40. The summed E-state index contributed by atoms with van der Waals surface area (Å²) in [6.45, 7) is 2.54. The molecule has 3 heterocycles. The fraction of sp³-hybridized carbons (Fsp3) is 0.467. The Bertz CT molecular complexity index is 667. The molecule has 23 heavy (non-hydrogen) atoms. The maximum absolute atomic E-state index is 12.3. The first-order valence-corrected chi connectivity index (χ1v) is 8.22. The molecule has 8 heteroatoms. The minimum Gasteiger partial charge on any atom is -0.494 e. The van der Waals surface area contributed by atoms with Gasteiger partial charge in [0.1, 0.15) is 31.0 Å². The highest BCUT2D eigenvalue weighted by molar-refractivity contribution is 7.17. The molecule has 124 valence electrons. The van der Waals surface area contributed by atoms with Crippen LogP contribution in [0.15, 0.2) is 12.0 Å².